The van der Waals surface area contributed by atoms with Crippen molar-refractivity contribution in [3.05, 3.63) is 205 Å². The highest BCUT2D eigenvalue weighted by Crippen LogP contribution is 2.43. The summed E-state index contributed by atoms with van der Waals surface area (Å²) in [6.45, 7) is 0. The standard InChI is InChI=1S/C57H37N5S/c1-3-15-36(16-4-1)38-29-31-51-46(34-38)44-23-9-12-27-50(44)62(51)41-30-32-52-47(35-41)54-45(24-14-28-53(54)63-52)57-59-55(37-17-5-2-6-18-37)58-56(60-57)39-19-13-20-40(33-39)61-48-25-10-7-21-42(48)43-22-8-11-26-49(43)61/h1-10,12-25,27-35H,11,26H2. The number of benzene rings is 8. The first-order valence-corrected chi connectivity index (χ1v) is 22.3. The third-order valence-electron chi connectivity index (χ3n) is 12.6. The number of hydrogen-bond donors (Lipinski definition) is 0. The van der Waals surface area contributed by atoms with Gasteiger partial charge in [-0.25, -0.2) is 15.0 Å². The Hall–Kier alpha value is -7.93. The molecule has 0 fully saturated rings. The molecule has 1 aliphatic carbocycles. The molecule has 63 heavy (non-hydrogen) atoms. The topological polar surface area (TPSA) is 48.5 Å². The van der Waals surface area contributed by atoms with E-state index in [2.05, 4.69) is 191 Å². The van der Waals surface area contributed by atoms with Gasteiger partial charge in [0.25, 0.3) is 0 Å². The molecule has 0 saturated heterocycles. The molecule has 4 heterocycles. The number of rotatable bonds is 6. The van der Waals surface area contributed by atoms with Gasteiger partial charge in [0.2, 0.25) is 0 Å². The molecule has 5 nitrogen and oxygen atoms in total. The van der Waals surface area contributed by atoms with E-state index >= 15 is 0 Å². The van der Waals surface area contributed by atoms with Crippen LogP contribution < -0.4 is 0 Å². The number of para-hydroxylation sites is 2. The van der Waals surface area contributed by atoms with E-state index < -0.39 is 0 Å². The van der Waals surface area contributed by atoms with Crippen LogP contribution in [0.2, 0.25) is 0 Å². The van der Waals surface area contributed by atoms with Gasteiger partial charge in [0, 0.05) is 75.7 Å². The van der Waals surface area contributed by atoms with E-state index in [1.807, 2.05) is 29.5 Å². The summed E-state index contributed by atoms with van der Waals surface area (Å²) in [5.41, 5.74) is 13.7. The monoisotopic (exact) mass is 823 g/mol. The maximum Gasteiger partial charge on any atom is 0.164 e. The summed E-state index contributed by atoms with van der Waals surface area (Å²) in [6.07, 6.45) is 6.59. The SMILES string of the molecule is C1=Cc2c(n(-c3cccc(-c4nc(-c5ccccc5)nc(-c5cccc6sc7ccc(-n8c9ccccc9c9cc(-c%10ccccc%10)ccc98)cc7c56)n4)c3)c3ccccc23)CC1. The van der Waals surface area contributed by atoms with Crippen molar-refractivity contribution in [3.8, 4) is 56.7 Å². The number of nitrogens with zero attached hydrogens (tertiary/aromatic N) is 5. The second-order valence-electron chi connectivity index (χ2n) is 16.3. The molecule has 6 heteroatoms. The van der Waals surface area contributed by atoms with Crippen molar-refractivity contribution in [2.75, 3.05) is 0 Å². The minimum absolute atomic E-state index is 0.642. The fourth-order valence-electron chi connectivity index (χ4n) is 9.79. The van der Waals surface area contributed by atoms with Gasteiger partial charge < -0.3 is 9.13 Å². The summed E-state index contributed by atoms with van der Waals surface area (Å²) >= 11 is 1.81. The van der Waals surface area contributed by atoms with E-state index in [4.69, 9.17) is 15.0 Å². The minimum Gasteiger partial charge on any atom is -0.313 e. The molecule has 0 spiro atoms. The smallest absolute Gasteiger partial charge is 0.164 e. The zero-order chi connectivity index (χ0) is 41.4. The summed E-state index contributed by atoms with van der Waals surface area (Å²) in [5.74, 6) is 1.94. The van der Waals surface area contributed by atoms with Gasteiger partial charge in [-0.2, -0.15) is 0 Å². The third kappa shape index (κ3) is 5.79. The van der Waals surface area contributed by atoms with Crippen molar-refractivity contribution in [1.82, 2.24) is 24.1 Å². The molecule has 13 rings (SSSR count). The Morgan fingerprint density at radius 2 is 1.08 bits per heavy atom. The highest BCUT2D eigenvalue weighted by atomic mass is 32.1. The molecular formula is C57H37N5S. The van der Waals surface area contributed by atoms with Gasteiger partial charge in [-0.15, -0.1) is 11.3 Å². The molecule has 0 amide bonds. The predicted octanol–water partition coefficient (Wildman–Crippen LogP) is 14.9. The second-order valence-corrected chi connectivity index (χ2v) is 17.4. The number of allylic oxidation sites excluding steroid dienone is 1. The number of hydrogen-bond acceptors (Lipinski definition) is 4. The predicted molar refractivity (Wildman–Crippen MR) is 263 cm³/mol. The van der Waals surface area contributed by atoms with Gasteiger partial charge in [0.05, 0.1) is 16.6 Å². The summed E-state index contributed by atoms with van der Waals surface area (Å²) in [4.78, 5) is 15.8. The van der Waals surface area contributed by atoms with Crippen LogP contribution in [0.25, 0.3) is 116 Å². The van der Waals surface area contributed by atoms with Crippen LogP contribution in [0, 0.1) is 0 Å². The highest BCUT2D eigenvalue weighted by molar-refractivity contribution is 7.26. The highest BCUT2D eigenvalue weighted by Gasteiger charge is 2.22. The molecule has 0 N–H and O–H groups in total. The van der Waals surface area contributed by atoms with Crippen molar-refractivity contribution in [1.29, 1.82) is 0 Å². The molecule has 0 atom stereocenters. The third-order valence-corrected chi connectivity index (χ3v) is 13.8. The molecule has 0 aliphatic heterocycles. The van der Waals surface area contributed by atoms with E-state index in [-0.39, 0.29) is 0 Å². The molecule has 4 aromatic heterocycles. The van der Waals surface area contributed by atoms with Crippen molar-refractivity contribution >= 4 is 70.3 Å². The Morgan fingerprint density at radius 1 is 0.413 bits per heavy atom. The molecule has 0 radical (unpaired) electrons. The van der Waals surface area contributed by atoms with Gasteiger partial charge in [0.1, 0.15) is 0 Å². The van der Waals surface area contributed by atoms with Crippen LogP contribution in [0.1, 0.15) is 17.7 Å². The first-order valence-electron chi connectivity index (χ1n) is 21.5. The average Bonchev–Trinajstić information content (AvgIpc) is 4.02. The normalized spacial score (nSPS) is 12.6. The van der Waals surface area contributed by atoms with Gasteiger partial charge >= 0.3 is 0 Å². The summed E-state index contributed by atoms with van der Waals surface area (Å²) in [7, 11) is 0. The average molecular weight is 824 g/mol. The first kappa shape index (κ1) is 35.8. The summed E-state index contributed by atoms with van der Waals surface area (Å²) in [5, 5.41) is 6.07. The molecule has 0 unspecified atom stereocenters. The van der Waals surface area contributed by atoms with Crippen molar-refractivity contribution in [2.24, 2.45) is 0 Å². The van der Waals surface area contributed by atoms with Crippen molar-refractivity contribution in [3.63, 3.8) is 0 Å². The zero-order valence-corrected chi connectivity index (χ0v) is 34.9. The summed E-state index contributed by atoms with van der Waals surface area (Å²) < 4.78 is 7.25. The lowest BCUT2D eigenvalue weighted by Gasteiger charge is -2.15. The largest absolute Gasteiger partial charge is 0.313 e. The minimum atomic E-state index is 0.642. The fourth-order valence-corrected chi connectivity index (χ4v) is 10.9. The quantitative estimate of drug-likeness (QED) is 0.168. The lowest BCUT2D eigenvalue weighted by Crippen LogP contribution is -2.04. The number of aromatic nitrogens is 5. The van der Waals surface area contributed by atoms with Crippen LogP contribution in [0.5, 0.6) is 0 Å². The van der Waals surface area contributed by atoms with Crippen LogP contribution in [-0.2, 0) is 6.42 Å². The molecule has 0 saturated carbocycles. The van der Waals surface area contributed by atoms with E-state index in [0.717, 1.165) is 46.3 Å². The van der Waals surface area contributed by atoms with Gasteiger partial charge in [0.15, 0.2) is 17.5 Å². The Morgan fingerprint density at radius 3 is 1.92 bits per heavy atom. The molecule has 12 aromatic rings. The molecular weight excluding hydrogens is 787 g/mol. The molecule has 1 aliphatic rings. The van der Waals surface area contributed by atoms with E-state index in [1.54, 1.807) is 0 Å². The van der Waals surface area contributed by atoms with Gasteiger partial charge in [-0.1, -0.05) is 140 Å². The molecule has 296 valence electrons. The number of thiophene rings is 1. The van der Waals surface area contributed by atoms with Gasteiger partial charge in [-0.3, -0.25) is 0 Å². The van der Waals surface area contributed by atoms with Crippen LogP contribution in [0.4, 0.5) is 0 Å². The molecule has 8 aromatic carbocycles. The number of fused-ring (bicyclic) bond motifs is 9. The van der Waals surface area contributed by atoms with Crippen LogP contribution in [0.15, 0.2) is 194 Å². The maximum atomic E-state index is 5.35. The lowest BCUT2D eigenvalue weighted by atomic mass is 10.0. The Bertz CT molecular complexity index is 3800. The Labute approximate surface area is 367 Å². The van der Waals surface area contributed by atoms with Crippen LogP contribution >= 0.6 is 11.3 Å². The van der Waals surface area contributed by atoms with E-state index in [1.165, 1.54) is 69.9 Å². The summed E-state index contributed by atoms with van der Waals surface area (Å²) in [6, 6.07) is 67.3. The van der Waals surface area contributed by atoms with E-state index in [0.29, 0.717) is 17.5 Å². The van der Waals surface area contributed by atoms with Crippen molar-refractivity contribution < 1.29 is 0 Å². The van der Waals surface area contributed by atoms with E-state index in [9.17, 15) is 0 Å². The Kier molecular flexibility index (Phi) is 8.14. The molecule has 0 bridgehead atoms. The van der Waals surface area contributed by atoms with Crippen LogP contribution in [-0.4, -0.2) is 24.1 Å². The second kappa shape index (κ2) is 14.3. The van der Waals surface area contributed by atoms with Crippen LogP contribution in [0.3, 0.4) is 0 Å². The zero-order valence-electron chi connectivity index (χ0n) is 34.1. The lowest BCUT2D eigenvalue weighted by molar-refractivity contribution is 0.888. The Balaban J connectivity index is 0.993. The first-order chi connectivity index (χ1) is 31.2. The van der Waals surface area contributed by atoms with Gasteiger partial charge in [-0.05, 0) is 84.6 Å². The fraction of sp³-hybridized carbons (Fsp3) is 0.0351. The van der Waals surface area contributed by atoms with Crippen molar-refractivity contribution in [2.45, 2.75) is 12.8 Å². The maximum absolute atomic E-state index is 5.35.